The minimum absolute atomic E-state index is 0.761. The van der Waals surface area contributed by atoms with Crippen LogP contribution in [-0.2, 0) is 5.60 Å². The molecular formula is C28H27NO2. The number of anilines is 3. The van der Waals surface area contributed by atoms with Crippen molar-refractivity contribution in [3.05, 3.63) is 109 Å². The van der Waals surface area contributed by atoms with Gasteiger partial charge in [0.15, 0.2) is 0 Å². The molecule has 4 aromatic carbocycles. The molecule has 4 aromatic rings. The fourth-order valence-corrected chi connectivity index (χ4v) is 3.84. The molecule has 156 valence electrons. The van der Waals surface area contributed by atoms with Crippen LogP contribution in [0.3, 0.4) is 0 Å². The number of methoxy groups -OCH3 is 1. The predicted octanol–water partition coefficient (Wildman–Crippen LogP) is 7.06. The van der Waals surface area contributed by atoms with Crippen LogP contribution >= 0.6 is 0 Å². The van der Waals surface area contributed by atoms with E-state index >= 15 is 0 Å². The highest BCUT2D eigenvalue weighted by atomic mass is 16.5. The highest BCUT2D eigenvalue weighted by molar-refractivity contribution is 5.81. The van der Waals surface area contributed by atoms with Crippen LogP contribution in [0.4, 0.5) is 17.1 Å². The number of benzene rings is 4. The first-order chi connectivity index (χ1) is 15.0. The van der Waals surface area contributed by atoms with Gasteiger partial charge in [-0.15, -0.1) is 0 Å². The Morgan fingerprint density at radius 3 is 1.81 bits per heavy atom. The zero-order valence-electron chi connectivity index (χ0n) is 18.1. The Kier molecular flexibility index (Phi) is 5.79. The summed E-state index contributed by atoms with van der Waals surface area (Å²) in [5.74, 6) is 0.761. The van der Waals surface area contributed by atoms with Crippen LogP contribution in [0.2, 0.25) is 0 Å². The van der Waals surface area contributed by atoms with Gasteiger partial charge in [-0.25, -0.2) is 0 Å². The molecule has 0 fully saturated rings. The van der Waals surface area contributed by atoms with E-state index in [2.05, 4.69) is 53.4 Å². The Morgan fingerprint density at radius 2 is 1.26 bits per heavy atom. The van der Waals surface area contributed by atoms with Crippen molar-refractivity contribution in [2.24, 2.45) is 0 Å². The quantitative estimate of drug-likeness (QED) is 0.370. The first-order valence-electron chi connectivity index (χ1n) is 10.4. The third kappa shape index (κ3) is 4.47. The van der Waals surface area contributed by atoms with Gasteiger partial charge in [-0.05, 0) is 79.1 Å². The lowest BCUT2D eigenvalue weighted by Gasteiger charge is -2.27. The summed E-state index contributed by atoms with van der Waals surface area (Å²) in [6.45, 7) is 3.62. The molecule has 0 spiro atoms. The largest absolute Gasteiger partial charge is 0.497 e. The summed E-state index contributed by atoms with van der Waals surface area (Å²) >= 11 is 0. The molecule has 0 saturated heterocycles. The first-order valence-corrected chi connectivity index (χ1v) is 10.4. The maximum atomic E-state index is 10.8. The summed E-state index contributed by atoms with van der Waals surface area (Å²) in [6, 6.07) is 34.8. The zero-order valence-corrected chi connectivity index (χ0v) is 18.1. The molecule has 0 radical (unpaired) electrons. The van der Waals surface area contributed by atoms with Gasteiger partial charge in [0.2, 0.25) is 0 Å². The van der Waals surface area contributed by atoms with E-state index in [0.717, 1.165) is 39.5 Å². The van der Waals surface area contributed by atoms with E-state index in [9.17, 15) is 5.11 Å². The molecule has 0 amide bonds. The molecule has 0 aliphatic carbocycles. The van der Waals surface area contributed by atoms with E-state index in [1.165, 1.54) is 0 Å². The molecule has 0 aliphatic heterocycles. The van der Waals surface area contributed by atoms with Crippen LogP contribution in [-0.4, -0.2) is 12.2 Å². The average molecular weight is 410 g/mol. The third-order valence-corrected chi connectivity index (χ3v) is 5.33. The second kappa shape index (κ2) is 8.66. The molecule has 0 bridgehead atoms. The van der Waals surface area contributed by atoms with Crippen LogP contribution in [0.25, 0.3) is 11.1 Å². The summed E-state index contributed by atoms with van der Waals surface area (Å²) in [5.41, 5.74) is 5.06. The van der Waals surface area contributed by atoms with E-state index in [0.29, 0.717) is 0 Å². The van der Waals surface area contributed by atoms with Crippen molar-refractivity contribution < 1.29 is 9.84 Å². The molecule has 0 aliphatic rings. The smallest absolute Gasteiger partial charge is 0.119 e. The third-order valence-electron chi connectivity index (χ3n) is 5.33. The number of nitrogens with zero attached hydrogens (tertiary/aromatic N) is 1. The molecule has 1 N–H and O–H groups in total. The number of aliphatic hydroxyl groups is 1. The van der Waals surface area contributed by atoms with Crippen LogP contribution in [0.15, 0.2) is 103 Å². The van der Waals surface area contributed by atoms with E-state index in [-0.39, 0.29) is 0 Å². The Labute approximate surface area is 184 Å². The molecule has 0 unspecified atom stereocenters. The number of para-hydroxylation sites is 2. The standard InChI is InChI=1S/C28H27NO2/c1-28(2,30)27-18-17-25(31-3)20-26(27)21-11-10-16-24(19-21)29(22-12-6-4-7-13-22)23-14-8-5-9-15-23/h4-20,30H,1-3H3. The molecule has 0 atom stereocenters. The Balaban J connectivity index is 1.88. The van der Waals surface area contributed by atoms with Gasteiger partial charge in [-0.2, -0.15) is 0 Å². The van der Waals surface area contributed by atoms with Crippen LogP contribution in [0.1, 0.15) is 19.4 Å². The Hall–Kier alpha value is -3.56. The summed E-state index contributed by atoms with van der Waals surface area (Å²) in [4.78, 5) is 2.23. The van der Waals surface area contributed by atoms with E-state index in [4.69, 9.17) is 4.74 Å². The molecule has 0 aromatic heterocycles. The summed E-state index contributed by atoms with van der Waals surface area (Å²) in [7, 11) is 1.66. The highest BCUT2D eigenvalue weighted by Gasteiger charge is 2.22. The second-order valence-electron chi connectivity index (χ2n) is 8.03. The maximum absolute atomic E-state index is 10.8. The number of rotatable bonds is 6. The molecule has 4 rings (SSSR count). The van der Waals surface area contributed by atoms with Crippen molar-refractivity contribution in [2.45, 2.75) is 19.4 Å². The molecule has 31 heavy (non-hydrogen) atoms. The SMILES string of the molecule is COc1ccc(C(C)(C)O)c(-c2cccc(N(c3ccccc3)c3ccccc3)c2)c1. The molecule has 0 saturated carbocycles. The second-order valence-corrected chi connectivity index (χ2v) is 8.03. The van der Waals surface area contributed by atoms with Gasteiger partial charge in [0, 0.05) is 17.1 Å². The lowest BCUT2D eigenvalue weighted by molar-refractivity contribution is 0.0791. The molecular weight excluding hydrogens is 382 g/mol. The van der Waals surface area contributed by atoms with Gasteiger partial charge in [-0.3, -0.25) is 0 Å². The fourth-order valence-electron chi connectivity index (χ4n) is 3.84. The topological polar surface area (TPSA) is 32.7 Å². The average Bonchev–Trinajstić information content (AvgIpc) is 2.80. The molecule has 0 heterocycles. The van der Waals surface area contributed by atoms with Crippen LogP contribution < -0.4 is 9.64 Å². The van der Waals surface area contributed by atoms with Gasteiger partial charge < -0.3 is 14.7 Å². The fraction of sp³-hybridized carbons (Fsp3) is 0.143. The minimum atomic E-state index is -0.976. The van der Waals surface area contributed by atoms with Crippen molar-refractivity contribution in [1.29, 1.82) is 0 Å². The normalized spacial score (nSPS) is 11.2. The van der Waals surface area contributed by atoms with E-state index < -0.39 is 5.60 Å². The van der Waals surface area contributed by atoms with E-state index in [1.807, 2.05) is 68.4 Å². The van der Waals surface area contributed by atoms with Crippen LogP contribution in [0.5, 0.6) is 5.75 Å². The summed E-state index contributed by atoms with van der Waals surface area (Å²) < 4.78 is 5.47. The van der Waals surface area contributed by atoms with Gasteiger partial charge in [-0.1, -0.05) is 54.6 Å². The van der Waals surface area contributed by atoms with Crippen molar-refractivity contribution >= 4 is 17.1 Å². The van der Waals surface area contributed by atoms with Crippen molar-refractivity contribution in [3.8, 4) is 16.9 Å². The number of hydrogen-bond donors (Lipinski definition) is 1. The number of hydrogen-bond acceptors (Lipinski definition) is 3. The number of ether oxygens (including phenoxy) is 1. The Bertz CT molecular complexity index is 1110. The summed E-state index contributed by atoms with van der Waals surface area (Å²) in [6.07, 6.45) is 0. The van der Waals surface area contributed by atoms with Crippen molar-refractivity contribution in [2.75, 3.05) is 12.0 Å². The van der Waals surface area contributed by atoms with Gasteiger partial charge >= 0.3 is 0 Å². The first kappa shape index (κ1) is 20.7. The molecule has 3 nitrogen and oxygen atoms in total. The predicted molar refractivity (Wildman–Crippen MR) is 128 cm³/mol. The zero-order chi connectivity index (χ0) is 21.8. The highest BCUT2D eigenvalue weighted by Crippen LogP contribution is 2.39. The van der Waals surface area contributed by atoms with Crippen molar-refractivity contribution in [1.82, 2.24) is 0 Å². The minimum Gasteiger partial charge on any atom is -0.497 e. The monoisotopic (exact) mass is 409 g/mol. The van der Waals surface area contributed by atoms with Crippen LogP contribution in [0, 0.1) is 0 Å². The van der Waals surface area contributed by atoms with Crippen molar-refractivity contribution in [3.63, 3.8) is 0 Å². The maximum Gasteiger partial charge on any atom is 0.119 e. The molecule has 3 heteroatoms. The lowest BCUT2D eigenvalue weighted by atomic mass is 9.89. The van der Waals surface area contributed by atoms with Gasteiger partial charge in [0.05, 0.1) is 12.7 Å². The lowest BCUT2D eigenvalue weighted by Crippen LogP contribution is -2.17. The van der Waals surface area contributed by atoms with Gasteiger partial charge in [0.25, 0.3) is 0 Å². The van der Waals surface area contributed by atoms with E-state index in [1.54, 1.807) is 7.11 Å². The van der Waals surface area contributed by atoms with Gasteiger partial charge in [0.1, 0.15) is 5.75 Å². The Morgan fingerprint density at radius 1 is 0.677 bits per heavy atom. The summed E-state index contributed by atoms with van der Waals surface area (Å²) in [5, 5.41) is 10.8.